The molecule has 1 aliphatic rings. The van der Waals surface area contributed by atoms with Crippen LogP contribution < -0.4 is 0 Å². The minimum Gasteiger partial charge on any atom is -0.443 e. The molecule has 3 nitrogen and oxygen atoms in total. The maximum atomic E-state index is 11.2. The fourth-order valence-electron chi connectivity index (χ4n) is 1.24. The van der Waals surface area contributed by atoms with Gasteiger partial charge in [-0.1, -0.05) is 29.8 Å². The van der Waals surface area contributed by atoms with E-state index in [9.17, 15) is 4.79 Å². The first-order valence-electron chi connectivity index (χ1n) is 4.15. The molecule has 0 aromatic heterocycles. The minimum absolute atomic E-state index is 0.0382. The van der Waals surface area contributed by atoms with Crippen molar-refractivity contribution < 1.29 is 9.53 Å². The molecule has 0 aromatic carbocycles. The minimum atomic E-state index is -0.173. The van der Waals surface area contributed by atoms with E-state index in [0.717, 1.165) is 18.4 Å². The van der Waals surface area contributed by atoms with E-state index in [1.807, 2.05) is 0 Å². The summed E-state index contributed by atoms with van der Waals surface area (Å²) in [5, 5.41) is 0.729. The van der Waals surface area contributed by atoms with Crippen LogP contribution in [0.4, 0.5) is 4.79 Å². The van der Waals surface area contributed by atoms with Crippen LogP contribution in [0, 0.1) is 5.92 Å². The molecule has 0 N–H and O–H groups in total. The standard InChI is InChI=1S/C8H14BrNO2/c1-6(2)4-10-5-7(3-9)12-8(10)11/h6-7H,3-5H2,1-2H3. The van der Waals surface area contributed by atoms with E-state index in [1.54, 1.807) is 4.90 Å². The fourth-order valence-corrected chi connectivity index (χ4v) is 1.58. The monoisotopic (exact) mass is 235 g/mol. The summed E-state index contributed by atoms with van der Waals surface area (Å²) in [6.45, 7) is 5.70. The Morgan fingerprint density at radius 2 is 2.42 bits per heavy atom. The molecule has 1 rings (SSSR count). The van der Waals surface area contributed by atoms with Crippen LogP contribution in [-0.2, 0) is 4.74 Å². The van der Waals surface area contributed by atoms with Crippen LogP contribution in [0.15, 0.2) is 0 Å². The summed E-state index contributed by atoms with van der Waals surface area (Å²) in [4.78, 5) is 12.9. The van der Waals surface area contributed by atoms with Gasteiger partial charge in [-0.05, 0) is 5.92 Å². The van der Waals surface area contributed by atoms with Crippen molar-refractivity contribution in [3.63, 3.8) is 0 Å². The van der Waals surface area contributed by atoms with Crippen molar-refractivity contribution in [2.24, 2.45) is 5.92 Å². The van der Waals surface area contributed by atoms with Crippen molar-refractivity contribution in [2.75, 3.05) is 18.4 Å². The van der Waals surface area contributed by atoms with Crippen molar-refractivity contribution in [2.45, 2.75) is 20.0 Å². The Morgan fingerprint density at radius 3 is 2.83 bits per heavy atom. The summed E-state index contributed by atoms with van der Waals surface area (Å²) in [7, 11) is 0. The Morgan fingerprint density at radius 1 is 1.75 bits per heavy atom. The highest BCUT2D eigenvalue weighted by molar-refractivity contribution is 9.09. The highest BCUT2D eigenvalue weighted by atomic mass is 79.9. The summed E-state index contributed by atoms with van der Waals surface area (Å²) in [6, 6.07) is 0. The van der Waals surface area contributed by atoms with Crippen molar-refractivity contribution in [3.05, 3.63) is 0 Å². The number of hydrogen-bond donors (Lipinski definition) is 0. The molecule has 0 aliphatic carbocycles. The number of halogens is 1. The van der Waals surface area contributed by atoms with Crippen LogP contribution in [0.2, 0.25) is 0 Å². The summed E-state index contributed by atoms with van der Waals surface area (Å²) in [5.74, 6) is 0.506. The maximum Gasteiger partial charge on any atom is 0.410 e. The average molecular weight is 236 g/mol. The van der Waals surface area contributed by atoms with Crippen LogP contribution >= 0.6 is 15.9 Å². The van der Waals surface area contributed by atoms with Gasteiger partial charge in [-0.3, -0.25) is 0 Å². The second-order valence-electron chi connectivity index (χ2n) is 3.46. The van der Waals surface area contributed by atoms with E-state index in [1.165, 1.54) is 0 Å². The first-order chi connectivity index (χ1) is 5.63. The van der Waals surface area contributed by atoms with Gasteiger partial charge in [0.15, 0.2) is 0 Å². The molecule has 1 aliphatic heterocycles. The molecule has 70 valence electrons. The third-order valence-corrected chi connectivity index (χ3v) is 2.43. The van der Waals surface area contributed by atoms with Crippen LogP contribution in [0.1, 0.15) is 13.8 Å². The third-order valence-electron chi connectivity index (χ3n) is 1.71. The van der Waals surface area contributed by atoms with Gasteiger partial charge < -0.3 is 9.64 Å². The Labute approximate surface area is 81.2 Å². The number of rotatable bonds is 3. The molecule has 1 amide bonds. The van der Waals surface area contributed by atoms with Crippen LogP contribution in [0.5, 0.6) is 0 Å². The second-order valence-corrected chi connectivity index (χ2v) is 4.11. The Kier molecular flexibility index (Phi) is 3.38. The maximum absolute atomic E-state index is 11.2. The van der Waals surface area contributed by atoms with Gasteiger partial charge in [-0.25, -0.2) is 4.79 Å². The van der Waals surface area contributed by atoms with E-state index >= 15 is 0 Å². The molecule has 1 fully saturated rings. The molecule has 0 aromatic rings. The summed E-state index contributed by atoms with van der Waals surface area (Å²) >= 11 is 3.29. The Bertz CT molecular complexity index is 172. The van der Waals surface area contributed by atoms with Crippen molar-refractivity contribution in [1.82, 2.24) is 4.90 Å². The van der Waals surface area contributed by atoms with Gasteiger partial charge in [0.25, 0.3) is 0 Å². The molecule has 0 spiro atoms. The van der Waals surface area contributed by atoms with Gasteiger partial charge in [0, 0.05) is 11.9 Å². The highest BCUT2D eigenvalue weighted by Crippen LogP contribution is 2.14. The number of carbonyl (C=O) groups excluding carboxylic acids is 1. The molecule has 12 heavy (non-hydrogen) atoms. The molecule has 1 saturated heterocycles. The number of alkyl halides is 1. The van der Waals surface area contributed by atoms with Crippen LogP contribution in [0.3, 0.4) is 0 Å². The molecule has 4 heteroatoms. The molecule has 0 bridgehead atoms. The summed E-state index contributed by atoms with van der Waals surface area (Å²) < 4.78 is 5.06. The molecule has 0 radical (unpaired) electrons. The smallest absolute Gasteiger partial charge is 0.410 e. The van der Waals surface area contributed by atoms with Gasteiger partial charge in [0.05, 0.1) is 6.54 Å². The zero-order chi connectivity index (χ0) is 9.14. The van der Waals surface area contributed by atoms with E-state index in [4.69, 9.17) is 4.74 Å². The number of ether oxygens (including phenoxy) is 1. The predicted octanol–water partition coefficient (Wildman–Crippen LogP) is 1.86. The lowest BCUT2D eigenvalue weighted by atomic mass is 10.2. The quantitative estimate of drug-likeness (QED) is 0.700. The molecule has 0 saturated carbocycles. The topological polar surface area (TPSA) is 29.5 Å². The van der Waals surface area contributed by atoms with Crippen LogP contribution in [0.25, 0.3) is 0 Å². The zero-order valence-corrected chi connectivity index (χ0v) is 9.00. The lowest BCUT2D eigenvalue weighted by Crippen LogP contribution is -2.29. The summed E-state index contributed by atoms with van der Waals surface area (Å²) in [5.41, 5.74) is 0. The summed E-state index contributed by atoms with van der Waals surface area (Å²) in [6.07, 6.45) is -0.135. The van der Waals surface area contributed by atoms with Crippen LogP contribution in [-0.4, -0.2) is 35.5 Å². The highest BCUT2D eigenvalue weighted by Gasteiger charge is 2.30. The molecule has 1 heterocycles. The van der Waals surface area contributed by atoms with E-state index in [2.05, 4.69) is 29.8 Å². The van der Waals surface area contributed by atoms with Gasteiger partial charge >= 0.3 is 6.09 Å². The van der Waals surface area contributed by atoms with Crippen molar-refractivity contribution >= 4 is 22.0 Å². The second kappa shape index (κ2) is 4.12. The first kappa shape index (κ1) is 9.84. The number of cyclic esters (lactones) is 1. The van der Waals surface area contributed by atoms with Gasteiger partial charge in [0.2, 0.25) is 0 Å². The van der Waals surface area contributed by atoms with Gasteiger partial charge in [0.1, 0.15) is 6.10 Å². The SMILES string of the molecule is CC(C)CN1CC(CBr)OC1=O. The lowest BCUT2D eigenvalue weighted by Gasteiger charge is -2.14. The fraction of sp³-hybridized carbons (Fsp3) is 0.875. The number of hydrogen-bond acceptors (Lipinski definition) is 2. The van der Waals surface area contributed by atoms with Gasteiger partial charge in [-0.2, -0.15) is 0 Å². The third kappa shape index (κ3) is 2.37. The normalized spacial score (nSPS) is 23.5. The Hall–Kier alpha value is -0.250. The van der Waals surface area contributed by atoms with Crippen molar-refractivity contribution in [1.29, 1.82) is 0 Å². The van der Waals surface area contributed by atoms with E-state index in [-0.39, 0.29) is 12.2 Å². The lowest BCUT2D eigenvalue weighted by molar-refractivity contribution is 0.138. The first-order valence-corrected chi connectivity index (χ1v) is 5.27. The van der Waals surface area contributed by atoms with E-state index in [0.29, 0.717) is 5.92 Å². The molecule has 1 atom stereocenters. The molecule has 1 unspecified atom stereocenters. The predicted molar refractivity (Wildman–Crippen MR) is 50.5 cm³/mol. The van der Waals surface area contributed by atoms with E-state index < -0.39 is 0 Å². The number of carbonyl (C=O) groups is 1. The number of nitrogens with zero attached hydrogens (tertiary/aromatic N) is 1. The zero-order valence-electron chi connectivity index (χ0n) is 7.42. The molecular weight excluding hydrogens is 222 g/mol. The average Bonchev–Trinajstić information content (AvgIpc) is 2.31. The number of amides is 1. The molecular formula is C8H14BrNO2. The van der Waals surface area contributed by atoms with Gasteiger partial charge in [-0.15, -0.1) is 0 Å². The Balaban J connectivity index is 2.41. The van der Waals surface area contributed by atoms with Crippen molar-refractivity contribution in [3.8, 4) is 0 Å². The largest absolute Gasteiger partial charge is 0.443 e.